The van der Waals surface area contributed by atoms with E-state index in [4.69, 9.17) is 14.2 Å². The monoisotopic (exact) mass is 748 g/mol. The topological polar surface area (TPSA) is 143 Å². The molecule has 11 nitrogen and oxygen atoms in total. The maximum Gasteiger partial charge on any atom is 0.321 e. The van der Waals surface area contributed by atoms with Gasteiger partial charge in [0, 0.05) is 24.9 Å². The zero-order chi connectivity index (χ0) is 37.4. The maximum atomic E-state index is 12.9. The van der Waals surface area contributed by atoms with E-state index in [2.05, 4.69) is 34.6 Å². The van der Waals surface area contributed by atoms with Gasteiger partial charge in [0.15, 0.2) is 6.29 Å². The fourth-order valence-corrected chi connectivity index (χ4v) is 15.6. The minimum atomic E-state index is -3.79. The molecule has 12 heteroatoms. The van der Waals surface area contributed by atoms with Gasteiger partial charge in [0.1, 0.15) is 6.04 Å². The fourth-order valence-electron chi connectivity index (χ4n) is 14.5. The Labute approximate surface area is 310 Å². The van der Waals surface area contributed by atoms with Gasteiger partial charge in [-0.15, -0.1) is 0 Å². The second kappa shape index (κ2) is 12.3. The molecule has 1 amide bonds. The zero-order valence-corrected chi connectivity index (χ0v) is 33.3. The van der Waals surface area contributed by atoms with Crippen LogP contribution in [0, 0.1) is 56.7 Å². The first kappa shape index (κ1) is 37.6. The van der Waals surface area contributed by atoms with Gasteiger partial charge in [0.25, 0.3) is 0 Å². The van der Waals surface area contributed by atoms with Gasteiger partial charge in [-0.2, -0.15) is 4.31 Å². The summed E-state index contributed by atoms with van der Waals surface area (Å²) in [6.45, 7) is 14.9. The Kier molecular flexibility index (Phi) is 8.93. The summed E-state index contributed by atoms with van der Waals surface area (Å²) >= 11 is 0. The van der Waals surface area contributed by atoms with Gasteiger partial charge < -0.3 is 29.3 Å². The summed E-state index contributed by atoms with van der Waals surface area (Å²) in [5.41, 5.74) is -0.123. The van der Waals surface area contributed by atoms with Crippen LogP contribution in [-0.2, 0) is 33.8 Å². The largest absolute Gasteiger partial charge is 0.480 e. The van der Waals surface area contributed by atoms with Crippen LogP contribution in [0.1, 0.15) is 112 Å². The number of rotatable bonds is 9. The number of carbonyl (C=O) groups excluding carboxylic acids is 1. The molecule has 5 unspecified atom stereocenters. The Bertz CT molecular complexity index is 1570. The van der Waals surface area contributed by atoms with Crippen molar-refractivity contribution in [3.05, 3.63) is 0 Å². The number of sulfonamides is 1. The van der Waals surface area contributed by atoms with E-state index in [0.717, 1.165) is 49.1 Å². The molecule has 2 aliphatic heterocycles. The molecule has 6 saturated carbocycles. The van der Waals surface area contributed by atoms with Crippen molar-refractivity contribution < 1.29 is 42.4 Å². The molecule has 294 valence electrons. The summed E-state index contributed by atoms with van der Waals surface area (Å²) in [5, 5.41) is 22.2. The van der Waals surface area contributed by atoms with Gasteiger partial charge in [0.2, 0.25) is 15.9 Å². The van der Waals surface area contributed by atoms with Crippen LogP contribution in [0.2, 0.25) is 0 Å². The summed E-state index contributed by atoms with van der Waals surface area (Å²) in [4.78, 5) is 26.7. The molecule has 0 radical (unpaired) electrons. The highest BCUT2D eigenvalue weighted by Gasteiger charge is 2.84. The molecule has 0 aromatic heterocycles. The number of hydrogen-bond donors (Lipinski definition) is 2. The summed E-state index contributed by atoms with van der Waals surface area (Å²) < 4.78 is 46.2. The van der Waals surface area contributed by atoms with Crippen LogP contribution in [0.25, 0.3) is 0 Å². The van der Waals surface area contributed by atoms with E-state index in [-0.39, 0.29) is 63.8 Å². The Morgan fingerprint density at radius 3 is 2.38 bits per heavy atom. The third-order valence-corrected chi connectivity index (χ3v) is 18.6. The number of aliphatic carboxylic acids is 1. The highest BCUT2D eigenvalue weighted by molar-refractivity contribution is 7.88. The predicted molar refractivity (Wildman–Crippen MR) is 193 cm³/mol. The summed E-state index contributed by atoms with van der Waals surface area (Å²) in [6.07, 6.45) is 10.4. The highest BCUT2D eigenvalue weighted by atomic mass is 32.2. The van der Waals surface area contributed by atoms with E-state index in [1.165, 1.54) is 26.2 Å². The molecule has 2 saturated heterocycles. The lowest BCUT2D eigenvalue weighted by molar-refractivity contribution is -0.248. The van der Waals surface area contributed by atoms with Crippen LogP contribution in [0.15, 0.2) is 0 Å². The molecule has 52 heavy (non-hydrogen) atoms. The van der Waals surface area contributed by atoms with Crippen LogP contribution in [-0.4, -0.2) is 109 Å². The molecule has 0 bridgehead atoms. The van der Waals surface area contributed by atoms with E-state index in [9.17, 15) is 28.2 Å². The van der Waals surface area contributed by atoms with Crippen LogP contribution in [0.5, 0.6) is 0 Å². The van der Waals surface area contributed by atoms with E-state index in [1.54, 1.807) is 0 Å². The van der Waals surface area contributed by atoms with Crippen molar-refractivity contribution in [1.29, 1.82) is 0 Å². The number of carbonyl (C=O) groups is 2. The molecule has 6 aliphatic carbocycles. The molecule has 2 spiro atoms. The van der Waals surface area contributed by atoms with Gasteiger partial charge in [-0.1, -0.05) is 34.6 Å². The molecule has 8 rings (SSSR count). The molecular weight excluding hydrogens is 685 g/mol. The smallest absolute Gasteiger partial charge is 0.321 e. The molecule has 8 aliphatic rings. The van der Waals surface area contributed by atoms with Crippen molar-refractivity contribution in [3.63, 3.8) is 0 Å². The second-order valence-electron chi connectivity index (χ2n) is 19.9. The van der Waals surface area contributed by atoms with Crippen LogP contribution in [0.3, 0.4) is 0 Å². The second-order valence-corrected chi connectivity index (χ2v) is 21.8. The van der Waals surface area contributed by atoms with E-state index >= 15 is 0 Å². The third kappa shape index (κ3) is 5.36. The highest BCUT2D eigenvalue weighted by Crippen LogP contribution is 2.89. The van der Waals surface area contributed by atoms with Gasteiger partial charge in [-0.3, -0.25) is 9.59 Å². The van der Waals surface area contributed by atoms with Crippen molar-refractivity contribution in [2.75, 3.05) is 32.5 Å². The molecule has 2 heterocycles. The Balaban J connectivity index is 0.993. The van der Waals surface area contributed by atoms with Crippen molar-refractivity contribution in [2.45, 2.75) is 149 Å². The number of ether oxygens (including phenoxy) is 3. The van der Waals surface area contributed by atoms with E-state index < -0.39 is 40.3 Å². The third-order valence-electron chi connectivity index (χ3n) is 17.3. The van der Waals surface area contributed by atoms with Crippen molar-refractivity contribution in [3.8, 4) is 0 Å². The number of morpholine rings is 1. The lowest BCUT2D eigenvalue weighted by Gasteiger charge is -2.64. The first-order chi connectivity index (χ1) is 24.3. The zero-order valence-electron chi connectivity index (χ0n) is 32.5. The normalized spacial score (nSPS) is 48.5. The van der Waals surface area contributed by atoms with Gasteiger partial charge in [0.05, 0.1) is 43.8 Å². The van der Waals surface area contributed by atoms with Crippen LogP contribution >= 0.6 is 0 Å². The number of carboxylic acid groups (broad SMARTS) is 1. The average Bonchev–Trinajstić information content (AvgIpc) is 3.99. The standard InChI is InChI=1S/C40H64N2O9S/c1-23-18-26(20-42(52(7,47)48)24(2)35(45)46)50-33-32(23)37(5)14-15-40-22-39(40)13-12-29(36(3,4)27(39)10-11-28(40)38(37,6)34(33)44)51-31-21-41(16-17-49-31)30(43)19-25-8-9-25/h23-29,31-34,44H,8-22H2,1-7H3,(H,45,46)/t23-,24-,26?,27+,28?,29+,31?,32+,33?,34+,37-,38-,39-,40?/m1/s1. The number of hydrogen-bond acceptors (Lipinski definition) is 8. The number of aliphatic hydroxyl groups is 1. The molecule has 14 atom stereocenters. The van der Waals surface area contributed by atoms with Gasteiger partial charge in [-0.25, -0.2) is 8.42 Å². The number of aliphatic hydroxyl groups excluding tert-OH is 1. The fraction of sp³-hybridized carbons (Fsp3) is 0.950. The molecule has 2 N–H and O–H groups in total. The van der Waals surface area contributed by atoms with Gasteiger partial charge in [-0.05, 0) is 122 Å². The number of fused-ring (bicyclic) bond motifs is 4. The first-order valence-electron chi connectivity index (χ1n) is 20.4. The SMILES string of the molecule is C[C@@H]1CC(CN([C@H](C)C(=O)O)S(C)(=O)=O)OC2[C@H]1[C@@]1(C)CCC34C[C@@]35CC[C@H](OC3CN(C(=O)CC6CC6)CCO3)C(C)(C)[C@@H]5CCC4[C@]1(C)[C@H]2O. The molecule has 0 aromatic carbocycles. The van der Waals surface area contributed by atoms with Crippen molar-refractivity contribution in [1.82, 2.24) is 9.21 Å². The maximum absolute atomic E-state index is 12.9. The first-order valence-corrected chi connectivity index (χ1v) is 22.2. The Morgan fingerprint density at radius 2 is 1.71 bits per heavy atom. The number of amides is 1. The molecule has 8 fully saturated rings. The van der Waals surface area contributed by atoms with Gasteiger partial charge >= 0.3 is 5.97 Å². The minimum Gasteiger partial charge on any atom is -0.480 e. The minimum absolute atomic E-state index is 0.0306. The number of carboxylic acids is 1. The van der Waals surface area contributed by atoms with Crippen LogP contribution in [0.4, 0.5) is 0 Å². The average molecular weight is 749 g/mol. The van der Waals surface area contributed by atoms with E-state index in [1.807, 2.05) is 4.90 Å². The summed E-state index contributed by atoms with van der Waals surface area (Å²) in [6, 6.07) is -1.20. The summed E-state index contributed by atoms with van der Waals surface area (Å²) in [7, 11) is -3.79. The quantitative estimate of drug-likeness (QED) is 0.337. The Morgan fingerprint density at radius 1 is 1.02 bits per heavy atom. The van der Waals surface area contributed by atoms with Crippen molar-refractivity contribution >= 4 is 21.9 Å². The lowest BCUT2D eigenvalue weighted by atomic mass is 9.41. The lowest BCUT2D eigenvalue weighted by Crippen LogP contribution is -2.60. The predicted octanol–water partition coefficient (Wildman–Crippen LogP) is 4.90. The number of nitrogens with zero attached hydrogens (tertiary/aromatic N) is 2. The molecular formula is C40H64N2O9S. The Hall–Kier alpha value is -1.31. The van der Waals surface area contributed by atoms with Crippen molar-refractivity contribution in [2.24, 2.45) is 56.7 Å². The van der Waals surface area contributed by atoms with E-state index in [0.29, 0.717) is 50.3 Å². The molecule has 0 aromatic rings. The van der Waals surface area contributed by atoms with Crippen LogP contribution < -0.4 is 0 Å². The summed E-state index contributed by atoms with van der Waals surface area (Å²) in [5.74, 6) is 0.835.